The first-order valence-corrected chi connectivity index (χ1v) is 15.3. The van der Waals surface area contributed by atoms with Gasteiger partial charge in [0.15, 0.2) is 0 Å². The van der Waals surface area contributed by atoms with Crippen molar-refractivity contribution in [1.29, 1.82) is 0 Å². The molecule has 1 fully saturated rings. The maximum absolute atomic E-state index is 13.6. The van der Waals surface area contributed by atoms with Gasteiger partial charge in [-0.25, -0.2) is 4.90 Å². The predicted molar refractivity (Wildman–Crippen MR) is 179 cm³/mol. The number of anilines is 2. The van der Waals surface area contributed by atoms with Crippen LogP contribution in [-0.4, -0.2) is 28.9 Å². The number of amides is 4. The van der Waals surface area contributed by atoms with E-state index in [9.17, 15) is 19.2 Å². The van der Waals surface area contributed by atoms with Crippen LogP contribution in [0.2, 0.25) is 0 Å². The summed E-state index contributed by atoms with van der Waals surface area (Å²) in [6.07, 6.45) is 1.78. The highest BCUT2D eigenvalue weighted by Crippen LogP contribution is 2.34. The molecule has 1 heterocycles. The maximum Gasteiger partial charge on any atom is 0.272 e. The molecule has 1 atom stereocenters. The summed E-state index contributed by atoms with van der Waals surface area (Å²) in [4.78, 5) is 54.5. The molecule has 7 nitrogen and oxygen atoms in total. The van der Waals surface area contributed by atoms with E-state index in [2.05, 4.69) is 10.6 Å². The van der Waals surface area contributed by atoms with Crippen molar-refractivity contribution in [2.45, 2.75) is 23.5 Å². The fourth-order valence-electron chi connectivity index (χ4n) is 5.12. The first-order chi connectivity index (χ1) is 21.9. The molecule has 0 radical (unpaired) electrons. The number of fused-ring (bicyclic) bond motifs is 1. The molecule has 0 saturated carbocycles. The molecular weight excluding hydrogens is 582 g/mol. The van der Waals surface area contributed by atoms with E-state index in [4.69, 9.17) is 0 Å². The van der Waals surface area contributed by atoms with Crippen molar-refractivity contribution in [3.05, 3.63) is 144 Å². The van der Waals surface area contributed by atoms with Crippen LogP contribution in [0.3, 0.4) is 0 Å². The van der Waals surface area contributed by atoms with Gasteiger partial charge in [-0.15, -0.1) is 11.8 Å². The zero-order valence-electron chi connectivity index (χ0n) is 24.4. The number of hydrogen-bond acceptors (Lipinski definition) is 5. The Labute approximate surface area is 265 Å². The Kier molecular flexibility index (Phi) is 8.57. The number of hydrogen-bond donors (Lipinski definition) is 2. The smallest absolute Gasteiger partial charge is 0.272 e. The lowest BCUT2D eigenvalue weighted by molar-refractivity contribution is -0.121. The van der Waals surface area contributed by atoms with E-state index in [0.717, 1.165) is 26.8 Å². The van der Waals surface area contributed by atoms with Crippen LogP contribution in [0.15, 0.2) is 132 Å². The van der Waals surface area contributed by atoms with E-state index in [-0.39, 0.29) is 23.9 Å². The van der Waals surface area contributed by atoms with E-state index in [0.29, 0.717) is 16.9 Å². The Hall–Kier alpha value is -5.47. The molecular formula is C37H29N3O4S. The average Bonchev–Trinajstić information content (AvgIpc) is 3.34. The summed E-state index contributed by atoms with van der Waals surface area (Å²) in [7, 11) is 0. The zero-order valence-corrected chi connectivity index (χ0v) is 25.2. The zero-order chi connectivity index (χ0) is 31.3. The first kappa shape index (κ1) is 29.6. The fourth-order valence-corrected chi connectivity index (χ4v) is 6.17. The number of benzene rings is 5. The summed E-state index contributed by atoms with van der Waals surface area (Å²) >= 11 is 1.31. The minimum Gasteiger partial charge on any atom is -0.321 e. The quantitative estimate of drug-likeness (QED) is 0.146. The van der Waals surface area contributed by atoms with Crippen molar-refractivity contribution in [3.8, 4) is 0 Å². The normalized spacial score (nSPS) is 14.9. The third-order valence-electron chi connectivity index (χ3n) is 7.44. The number of rotatable bonds is 8. The third kappa shape index (κ3) is 6.71. The summed E-state index contributed by atoms with van der Waals surface area (Å²) in [5.74, 6) is -1.37. The van der Waals surface area contributed by atoms with E-state index >= 15 is 0 Å². The number of aryl methyl sites for hydroxylation is 1. The highest BCUT2D eigenvalue weighted by atomic mass is 32.2. The van der Waals surface area contributed by atoms with E-state index in [1.165, 1.54) is 16.7 Å². The molecule has 0 bridgehead atoms. The lowest BCUT2D eigenvalue weighted by Crippen LogP contribution is -2.31. The first-order valence-electron chi connectivity index (χ1n) is 14.4. The van der Waals surface area contributed by atoms with E-state index in [1.807, 2.05) is 67.6 Å². The van der Waals surface area contributed by atoms with Crippen molar-refractivity contribution in [2.75, 3.05) is 10.2 Å². The van der Waals surface area contributed by atoms with Gasteiger partial charge < -0.3 is 10.6 Å². The van der Waals surface area contributed by atoms with E-state index in [1.54, 1.807) is 66.7 Å². The summed E-state index contributed by atoms with van der Waals surface area (Å²) in [6.45, 7) is 1.95. The van der Waals surface area contributed by atoms with Crippen LogP contribution in [-0.2, 0) is 14.4 Å². The van der Waals surface area contributed by atoms with Gasteiger partial charge in [-0.05, 0) is 77.9 Å². The fraction of sp³-hybridized carbons (Fsp3) is 0.0811. The molecule has 1 unspecified atom stereocenters. The van der Waals surface area contributed by atoms with Crippen molar-refractivity contribution in [2.24, 2.45) is 0 Å². The number of imide groups is 1. The van der Waals surface area contributed by atoms with Crippen LogP contribution < -0.4 is 15.5 Å². The van der Waals surface area contributed by atoms with Gasteiger partial charge in [0.05, 0.1) is 10.9 Å². The molecule has 8 heteroatoms. The van der Waals surface area contributed by atoms with Gasteiger partial charge in [0, 0.05) is 22.6 Å². The Balaban J connectivity index is 1.19. The van der Waals surface area contributed by atoms with Crippen LogP contribution in [0.1, 0.15) is 27.9 Å². The van der Waals surface area contributed by atoms with Gasteiger partial charge in [0.1, 0.15) is 5.70 Å². The van der Waals surface area contributed by atoms with Gasteiger partial charge in [0.2, 0.25) is 11.8 Å². The Morgan fingerprint density at radius 3 is 2.24 bits per heavy atom. The van der Waals surface area contributed by atoms with Gasteiger partial charge in [-0.1, -0.05) is 78.4 Å². The average molecular weight is 612 g/mol. The van der Waals surface area contributed by atoms with Crippen molar-refractivity contribution < 1.29 is 19.2 Å². The van der Waals surface area contributed by atoms with Crippen LogP contribution in [0.5, 0.6) is 0 Å². The predicted octanol–water partition coefficient (Wildman–Crippen LogP) is 6.98. The molecule has 222 valence electrons. The minimum atomic E-state index is -0.539. The molecule has 45 heavy (non-hydrogen) atoms. The van der Waals surface area contributed by atoms with Gasteiger partial charge >= 0.3 is 0 Å². The number of carbonyl (C=O) groups is 4. The minimum absolute atomic E-state index is 0.0879. The second-order valence-corrected chi connectivity index (χ2v) is 11.9. The Morgan fingerprint density at radius 2 is 1.49 bits per heavy atom. The second kappa shape index (κ2) is 13.0. The molecule has 0 aromatic heterocycles. The number of nitrogens with one attached hydrogen (secondary N) is 2. The monoisotopic (exact) mass is 611 g/mol. The molecule has 0 spiro atoms. The topological polar surface area (TPSA) is 95.6 Å². The SMILES string of the molecule is Cc1ccc(N2C(=O)CC(Sc3ccc(NC(=O)/C(=C/c4cccc5ccccc45)NC(=O)c4ccccc4)cc3)C2=O)cc1. The molecule has 5 aromatic rings. The van der Waals surface area contributed by atoms with Crippen LogP contribution in [0.4, 0.5) is 11.4 Å². The lowest BCUT2D eigenvalue weighted by atomic mass is 10.0. The highest BCUT2D eigenvalue weighted by Gasteiger charge is 2.40. The second-order valence-electron chi connectivity index (χ2n) is 10.6. The largest absolute Gasteiger partial charge is 0.321 e. The van der Waals surface area contributed by atoms with E-state index < -0.39 is 17.1 Å². The molecule has 5 aromatic carbocycles. The molecule has 0 aliphatic carbocycles. The third-order valence-corrected chi connectivity index (χ3v) is 8.64. The highest BCUT2D eigenvalue weighted by molar-refractivity contribution is 8.00. The van der Waals surface area contributed by atoms with Crippen LogP contribution >= 0.6 is 11.8 Å². The van der Waals surface area contributed by atoms with Gasteiger partial charge in [-0.2, -0.15) is 0 Å². The summed E-state index contributed by atoms with van der Waals surface area (Å²) in [5.41, 5.74) is 3.43. The van der Waals surface area contributed by atoms with Crippen molar-refractivity contribution in [1.82, 2.24) is 5.32 Å². The number of nitrogens with zero attached hydrogens (tertiary/aromatic N) is 1. The van der Waals surface area contributed by atoms with Crippen molar-refractivity contribution >= 4 is 63.6 Å². The maximum atomic E-state index is 13.6. The summed E-state index contributed by atoms with van der Waals surface area (Å²) in [6, 6.07) is 36.7. The summed E-state index contributed by atoms with van der Waals surface area (Å²) in [5, 5.41) is 7.08. The Bertz CT molecular complexity index is 1930. The van der Waals surface area contributed by atoms with Gasteiger partial charge in [-0.3, -0.25) is 19.2 Å². The molecule has 1 saturated heterocycles. The van der Waals surface area contributed by atoms with Gasteiger partial charge in [0.25, 0.3) is 11.8 Å². The number of carbonyl (C=O) groups excluding carboxylic acids is 4. The molecule has 2 N–H and O–H groups in total. The Morgan fingerprint density at radius 1 is 0.800 bits per heavy atom. The molecule has 4 amide bonds. The molecule has 6 rings (SSSR count). The molecule has 1 aliphatic rings. The van der Waals surface area contributed by atoms with Crippen molar-refractivity contribution in [3.63, 3.8) is 0 Å². The number of thioether (sulfide) groups is 1. The lowest BCUT2D eigenvalue weighted by Gasteiger charge is -2.15. The summed E-state index contributed by atoms with van der Waals surface area (Å²) < 4.78 is 0. The standard InChI is InChI=1S/C37H29N3O4S/c1-24-14-18-29(19-15-24)40-34(41)23-33(37(40)44)45-30-20-16-28(17-21-30)38-36(43)32(39-35(42)26-9-3-2-4-10-26)22-27-12-7-11-25-8-5-6-13-31(25)27/h2-22,33H,23H2,1H3,(H,38,43)(H,39,42)/b32-22-. The van der Waals surface area contributed by atoms with Crippen LogP contribution in [0, 0.1) is 6.92 Å². The molecule has 1 aliphatic heterocycles. The van der Waals surface area contributed by atoms with Crippen LogP contribution in [0.25, 0.3) is 16.8 Å².